The monoisotopic (exact) mass is 370 g/mol. The van der Waals surface area contributed by atoms with Crippen LogP contribution in [-0.2, 0) is 4.79 Å². The molecular weight excluding hydrogens is 348 g/mol. The maximum atomic E-state index is 12.7. The first kappa shape index (κ1) is 20.9. The van der Waals surface area contributed by atoms with Crippen LogP contribution in [0.2, 0.25) is 0 Å². The summed E-state index contributed by atoms with van der Waals surface area (Å²) in [5, 5.41) is 13.7. The summed E-state index contributed by atoms with van der Waals surface area (Å²) in [4.78, 5) is 36.8. The number of non-ortho nitro benzene ring substituents is 1. The Bertz CT molecular complexity index is 653. The third-order valence-electron chi connectivity index (χ3n) is 4.19. The quantitative estimate of drug-likeness (QED) is 0.597. The molecule has 9 heteroatoms. The molecule has 2 rings (SSSR count). The number of nitro groups is 1. The zero-order valence-electron chi connectivity index (χ0n) is 14.1. The molecule has 0 spiro atoms. The van der Waals surface area contributed by atoms with Gasteiger partial charge in [-0.25, -0.2) is 0 Å². The van der Waals surface area contributed by atoms with Crippen molar-refractivity contribution in [3.05, 3.63) is 39.4 Å². The predicted octanol–water partition coefficient (Wildman–Crippen LogP) is 1.25. The summed E-state index contributed by atoms with van der Waals surface area (Å²) in [6.45, 7) is 3.38. The highest BCUT2D eigenvalue weighted by Gasteiger charge is 2.29. The second-order valence-corrected chi connectivity index (χ2v) is 5.93. The maximum Gasteiger partial charge on any atom is 0.270 e. The topological polar surface area (TPSA) is 119 Å². The molecule has 1 aromatic carbocycles. The molecule has 1 aromatic rings. The summed E-state index contributed by atoms with van der Waals surface area (Å²) in [5.74, 6) is -0.644. The summed E-state index contributed by atoms with van der Waals surface area (Å²) in [5.41, 5.74) is 6.26. The van der Waals surface area contributed by atoms with E-state index in [2.05, 4.69) is 5.32 Å². The number of likely N-dealkylation sites (tertiary alicyclic amines) is 1. The first-order chi connectivity index (χ1) is 11.4. The number of halogens is 1. The molecule has 2 amide bonds. The minimum absolute atomic E-state index is 0. The van der Waals surface area contributed by atoms with Gasteiger partial charge in [-0.2, -0.15) is 0 Å². The molecule has 0 saturated carbocycles. The largest absolute Gasteiger partial charge is 0.355 e. The fraction of sp³-hybridized carbons (Fsp3) is 0.500. The van der Waals surface area contributed by atoms with Gasteiger partial charge in [0.25, 0.3) is 11.6 Å². The van der Waals surface area contributed by atoms with E-state index >= 15 is 0 Å². The first-order valence-corrected chi connectivity index (χ1v) is 7.96. The van der Waals surface area contributed by atoms with Crippen molar-refractivity contribution in [2.24, 2.45) is 11.7 Å². The summed E-state index contributed by atoms with van der Waals surface area (Å²) in [6, 6.07) is 4.25. The van der Waals surface area contributed by atoms with E-state index in [0.29, 0.717) is 43.7 Å². The lowest BCUT2D eigenvalue weighted by molar-refractivity contribution is -0.384. The standard InChI is InChI=1S/C16H22N4O4.ClH/c1-11-4-5-13(20(23)24)9-14(11)16(22)19-8-2-3-12(10-19)15(21)18-7-6-17;/h4-5,9,12H,2-3,6-8,10,17H2,1H3,(H,18,21);1H. The van der Waals surface area contributed by atoms with Crippen LogP contribution in [0.25, 0.3) is 0 Å². The highest BCUT2D eigenvalue weighted by atomic mass is 35.5. The van der Waals surface area contributed by atoms with E-state index < -0.39 is 4.92 Å². The molecule has 1 aliphatic rings. The van der Waals surface area contributed by atoms with Gasteiger partial charge in [-0.15, -0.1) is 12.4 Å². The molecule has 0 aromatic heterocycles. The minimum atomic E-state index is -0.518. The van der Waals surface area contributed by atoms with Crippen molar-refractivity contribution in [3.8, 4) is 0 Å². The number of hydrogen-bond acceptors (Lipinski definition) is 5. The number of aryl methyl sites for hydroxylation is 1. The number of nitrogens with one attached hydrogen (secondary N) is 1. The Labute approximate surface area is 152 Å². The average molecular weight is 371 g/mol. The number of hydrogen-bond donors (Lipinski definition) is 2. The fourth-order valence-electron chi connectivity index (χ4n) is 2.84. The van der Waals surface area contributed by atoms with Crippen LogP contribution in [-0.4, -0.2) is 47.8 Å². The van der Waals surface area contributed by atoms with Crippen LogP contribution in [0.15, 0.2) is 18.2 Å². The Morgan fingerprint density at radius 3 is 2.80 bits per heavy atom. The second kappa shape index (κ2) is 9.33. The lowest BCUT2D eigenvalue weighted by Gasteiger charge is -2.32. The summed E-state index contributed by atoms with van der Waals surface area (Å²) in [6.07, 6.45) is 1.44. The molecule has 1 aliphatic heterocycles. The van der Waals surface area contributed by atoms with Crippen molar-refractivity contribution in [3.63, 3.8) is 0 Å². The lowest BCUT2D eigenvalue weighted by atomic mass is 9.96. The summed E-state index contributed by atoms with van der Waals surface area (Å²) < 4.78 is 0. The van der Waals surface area contributed by atoms with Gasteiger partial charge in [0.1, 0.15) is 0 Å². The van der Waals surface area contributed by atoms with Crippen LogP contribution in [0.5, 0.6) is 0 Å². The third kappa shape index (κ3) is 5.14. The number of nitro benzene ring substituents is 1. The van der Waals surface area contributed by atoms with Gasteiger partial charge in [-0.05, 0) is 25.3 Å². The molecule has 8 nitrogen and oxygen atoms in total. The van der Waals surface area contributed by atoms with Crippen LogP contribution in [0.1, 0.15) is 28.8 Å². The number of nitrogens with two attached hydrogens (primary N) is 1. The Hall–Kier alpha value is -2.19. The highest BCUT2D eigenvalue weighted by molar-refractivity contribution is 5.96. The number of amides is 2. The molecule has 138 valence electrons. The van der Waals surface area contributed by atoms with Crippen molar-refractivity contribution in [1.29, 1.82) is 0 Å². The zero-order chi connectivity index (χ0) is 17.7. The molecule has 25 heavy (non-hydrogen) atoms. The number of carbonyl (C=O) groups excluding carboxylic acids is 2. The van der Waals surface area contributed by atoms with Crippen LogP contribution in [0.4, 0.5) is 5.69 Å². The number of benzene rings is 1. The number of carbonyl (C=O) groups is 2. The van der Waals surface area contributed by atoms with Gasteiger partial charge in [-0.3, -0.25) is 19.7 Å². The summed E-state index contributed by atoms with van der Waals surface area (Å²) in [7, 11) is 0. The van der Waals surface area contributed by atoms with Gasteiger partial charge < -0.3 is 16.0 Å². The van der Waals surface area contributed by atoms with E-state index in [4.69, 9.17) is 5.73 Å². The minimum Gasteiger partial charge on any atom is -0.355 e. The molecule has 1 unspecified atom stereocenters. The van der Waals surface area contributed by atoms with Gasteiger partial charge in [-0.1, -0.05) is 6.07 Å². The van der Waals surface area contributed by atoms with E-state index in [0.717, 1.165) is 6.42 Å². The predicted molar refractivity (Wildman–Crippen MR) is 95.8 cm³/mol. The normalized spacial score (nSPS) is 16.7. The molecule has 0 radical (unpaired) electrons. The van der Waals surface area contributed by atoms with Gasteiger partial charge in [0, 0.05) is 43.9 Å². The average Bonchev–Trinajstić information content (AvgIpc) is 2.59. The Morgan fingerprint density at radius 2 is 2.16 bits per heavy atom. The van der Waals surface area contributed by atoms with Gasteiger partial charge in [0.05, 0.1) is 10.8 Å². The van der Waals surface area contributed by atoms with E-state index in [-0.39, 0.29) is 35.8 Å². The van der Waals surface area contributed by atoms with Gasteiger partial charge in [0.2, 0.25) is 5.91 Å². The van der Waals surface area contributed by atoms with Crippen LogP contribution >= 0.6 is 12.4 Å². The first-order valence-electron chi connectivity index (χ1n) is 7.96. The molecule has 0 aliphatic carbocycles. The number of nitrogens with zero attached hydrogens (tertiary/aromatic N) is 2. The smallest absolute Gasteiger partial charge is 0.270 e. The van der Waals surface area contributed by atoms with Crippen molar-refractivity contribution in [2.45, 2.75) is 19.8 Å². The van der Waals surface area contributed by atoms with E-state index in [1.807, 2.05) is 0 Å². The summed E-state index contributed by atoms with van der Waals surface area (Å²) >= 11 is 0. The fourth-order valence-corrected chi connectivity index (χ4v) is 2.84. The SMILES string of the molecule is Cc1ccc([N+](=O)[O-])cc1C(=O)N1CCCC(C(=O)NCCN)C1.Cl. The molecular formula is C16H23ClN4O4. The highest BCUT2D eigenvalue weighted by Crippen LogP contribution is 2.23. The van der Waals surface area contributed by atoms with Gasteiger partial charge >= 0.3 is 0 Å². The van der Waals surface area contributed by atoms with Crippen LogP contribution in [0.3, 0.4) is 0 Å². The Kier molecular flexibility index (Phi) is 7.79. The van der Waals surface area contributed by atoms with E-state index in [1.165, 1.54) is 12.1 Å². The molecule has 3 N–H and O–H groups in total. The number of rotatable bonds is 5. The molecule has 1 atom stereocenters. The zero-order valence-corrected chi connectivity index (χ0v) is 14.9. The van der Waals surface area contributed by atoms with Crippen molar-refractivity contribution in [1.82, 2.24) is 10.2 Å². The lowest BCUT2D eigenvalue weighted by Crippen LogP contribution is -2.46. The molecule has 0 bridgehead atoms. The molecule has 1 saturated heterocycles. The molecule has 1 heterocycles. The van der Waals surface area contributed by atoms with E-state index in [1.54, 1.807) is 17.9 Å². The van der Waals surface area contributed by atoms with Gasteiger partial charge in [0.15, 0.2) is 0 Å². The van der Waals surface area contributed by atoms with Crippen molar-refractivity contribution < 1.29 is 14.5 Å². The second-order valence-electron chi connectivity index (χ2n) is 5.93. The van der Waals surface area contributed by atoms with Crippen LogP contribution < -0.4 is 11.1 Å². The molecule has 1 fully saturated rings. The van der Waals surface area contributed by atoms with Crippen molar-refractivity contribution >= 4 is 29.9 Å². The Morgan fingerprint density at radius 1 is 1.44 bits per heavy atom. The van der Waals surface area contributed by atoms with Crippen LogP contribution in [0, 0.1) is 23.0 Å². The van der Waals surface area contributed by atoms with Crippen molar-refractivity contribution in [2.75, 3.05) is 26.2 Å². The number of piperidine rings is 1. The third-order valence-corrected chi connectivity index (χ3v) is 4.19. The van der Waals surface area contributed by atoms with E-state index in [9.17, 15) is 19.7 Å². The Balaban J connectivity index is 0.00000312. The maximum absolute atomic E-state index is 12.7.